The number of amides is 1. The van der Waals surface area contributed by atoms with Crippen LogP contribution in [-0.4, -0.2) is 43.2 Å². The predicted molar refractivity (Wildman–Crippen MR) is 117 cm³/mol. The summed E-state index contributed by atoms with van der Waals surface area (Å²) in [6.45, 7) is 1.90. The Morgan fingerprint density at radius 3 is 2.93 bits per heavy atom. The first-order valence-corrected chi connectivity index (χ1v) is 10.3. The second-order valence-corrected chi connectivity index (χ2v) is 7.84. The minimum Gasteiger partial charge on any atom is -0.497 e. The Bertz CT molecular complexity index is 1050. The van der Waals surface area contributed by atoms with Crippen molar-refractivity contribution < 1.29 is 14.3 Å². The second kappa shape index (κ2) is 8.83. The van der Waals surface area contributed by atoms with Gasteiger partial charge in [0, 0.05) is 36.3 Å². The smallest absolute Gasteiger partial charge is 0.225 e. The van der Waals surface area contributed by atoms with Gasteiger partial charge >= 0.3 is 0 Å². The van der Waals surface area contributed by atoms with Crippen LogP contribution in [-0.2, 0) is 11.3 Å². The van der Waals surface area contributed by atoms with E-state index < -0.39 is 0 Å². The Hall–Kier alpha value is -2.93. The summed E-state index contributed by atoms with van der Waals surface area (Å²) < 4.78 is 10.6. The number of rotatable bonds is 6. The summed E-state index contributed by atoms with van der Waals surface area (Å²) in [5.74, 6) is 2.14. The van der Waals surface area contributed by atoms with Gasteiger partial charge in [0.15, 0.2) is 0 Å². The van der Waals surface area contributed by atoms with E-state index in [9.17, 15) is 4.79 Å². The molecule has 0 radical (unpaired) electrons. The molecule has 158 valence electrons. The molecule has 2 heterocycles. The van der Waals surface area contributed by atoms with E-state index >= 15 is 0 Å². The van der Waals surface area contributed by atoms with Crippen LogP contribution in [0.4, 0.5) is 5.95 Å². The Kier molecular flexibility index (Phi) is 5.99. The van der Waals surface area contributed by atoms with Crippen molar-refractivity contribution in [1.29, 1.82) is 0 Å². The van der Waals surface area contributed by atoms with Gasteiger partial charge in [-0.05, 0) is 43.2 Å². The molecule has 1 fully saturated rings. The van der Waals surface area contributed by atoms with Gasteiger partial charge in [-0.3, -0.25) is 4.79 Å². The molecule has 0 spiro atoms. The molecule has 2 aromatic carbocycles. The third-order valence-corrected chi connectivity index (χ3v) is 5.71. The maximum atomic E-state index is 12.8. The molecule has 30 heavy (non-hydrogen) atoms. The van der Waals surface area contributed by atoms with Gasteiger partial charge in [-0.15, -0.1) is 0 Å². The van der Waals surface area contributed by atoms with E-state index in [-0.39, 0.29) is 11.8 Å². The summed E-state index contributed by atoms with van der Waals surface area (Å²) in [7, 11) is 3.22. The van der Waals surface area contributed by atoms with Crippen molar-refractivity contribution in [3.63, 3.8) is 0 Å². The number of carbonyl (C=O) groups is 1. The molecule has 1 saturated heterocycles. The van der Waals surface area contributed by atoms with Crippen LogP contribution in [0.3, 0.4) is 0 Å². The average Bonchev–Trinajstić information content (AvgIpc) is 3.20. The number of halogens is 1. The number of aromatic amines is 1. The summed E-state index contributed by atoms with van der Waals surface area (Å²) in [6, 6.07) is 11.2. The number of benzene rings is 2. The number of fused-ring (bicyclic) bond motifs is 1. The fraction of sp³-hybridized carbons (Fsp3) is 0.364. The summed E-state index contributed by atoms with van der Waals surface area (Å²) in [5, 5.41) is 3.72. The quantitative estimate of drug-likeness (QED) is 0.624. The SMILES string of the molecule is COc1ccc(CNC(=O)C2CCCN(c3nc4ccc(Cl)cc4[nH]3)C2)c(OC)c1. The van der Waals surface area contributed by atoms with E-state index in [0.29, 0.717) is 23.9 Å². The van der Waals surface area contributed by atoms with Crippen LogP contribution < -0.4 is 19.7 Å². The third-order valence-electron chi connectivity index (χ3n) is 5.47. The zero-order chi connectivity index (χ0) is 21.1. The van der Waals surface area contributed by atoms with Crippen LogP contribution in [0.1, 0.15) is 18.4 Å². The fourth-order valence-electron chi connectivity index (χ4n) is 3.83. The number of H-pyrrole nitrogens is 1. The molecule has 0 bridgehead atoms. The largest absolute Gasteiger partial charge is 0.497 e. The van der Waals surface area contributed by atoms with Crippen LogP contribution in [0.25, 0.3) is 11.0 Å². The van der Waals surface area contributed by atoms with Gasteiger partial charge in [0.2, 0.25) is 11.9 Å². The number of nitrogens with zero attached hydrogens (tertiary/aromatic N) is 2. The topological polar surface area (TPSA) is 79.5 Å². The van der Waals surface area contributed by atoms with Gasteiger partial charge in [-0.2, -0.15) is 0 Å². The lowest BCUT2D eigenvalue weighted by molar-refractivity contribution is -0.125. The molecule has 1 unspecified atom stereocenters. The molecular formula is C22H25ClN4O3. The van der Waals surface area contributed by atoms with Crippen molar-refractivity contribution in [2.24, 2.45) is 5.92 Å². The summed E-state index contributed by atoms with van der Waals surface area (Å²) in [4.78, 5) is 22.9. The van der Waals surface area contributed by atoms with Crippen molar-refractivity contribution >= 4 is 34.5 Å². The van der Waals surface area contributed by atoms with Crippen LogP contribution in [0.15, 0.2) is 36.4 Å². The van der Waals surface area contributed by atoms with Crippen LogP contribution in [0.5, 0.6) is 11.5 Å². The number of nitrogens with one attached hydrogen (secondary N) is 2. The first kappa shape index (κ1) is 20.3. The maximum Gasteiger partial charge on any atom is 0.225 e. The van der Waals surface area contributed by atoms with Crippen LogP contribution in [0.2, 0.25) is 5.02 Å². The standard InChI is InChI=1S/C22H25ClN4O3/c1-29-17-7-5-14(20(11-17)30-2)12-24-21(28)15-4-3-9-27(13-15)22-25-18-8-6-16(23)10-19(18)26-22/h5-8,10-11,15H,3-4,9,12-13H2,1-2H3,(H,24,28)(H,25,26). The van der Waals surface area contributed by atoms with Gasteiger partial charge in [-0.25, -0.2) is 4.98 Å². The number of anilines is 1. The number of carbonyl (C=O) groups excluding carboxylic acids is 1. The van der Waals surface area contributed by atoms with E-state index in [2.05, 4.69) is 20.2 Å². The first-order valence-electron chi connectivity index (χ1n) is 9.96. The minimum absolute atomic E-state index is 0.0386. The molecule has 1 aliphatic rings. The van der Waals surface area contributed by atoms with E-state index in [4.69, 9.17) is 21.1 Å². The number of hydrogen-bond donors (Lipinski definition) is 2. The fourth-order valence-corrected chi connectivity index (χ4v) is 4.00. The lowest BCUT2D eigenvalue weighted by atomic mass is 9.97. The Morgan fingerprint density at radius 1 is 1.27 bits per heavy atom. The van der Waals surface area contributed by atoms with E-state index in [0.717, 1.165) is 47.7 Å². The molecule has 1 aromatic heterocycles. The lowest BCUT2D eigenvalue weighted by Gasteiger charge is -2.31. The highest BCUT2D eigenvalue weighted by Gasteiger charge is 2.27. The predicted octanol–water partition coefficient (Wildman–Crippen LogP) is 3.77. The average molecular weight is 429 g/mol. The molecule has 4 rings (SSSR count). The van der Waals surface area contributed by atoms with E-state index in [1.807, 2.05) is 36.4 Å². The van der Waals surface area contributed by atoms with Crippen molar-refractivity contribution in [3.8, 4) is 11.5 Å². The Morgan fingerprint density at radius 2 is 2.13 bits per heavy atom. The maximum absolute atomic E-state index is 12.8. The molecule has 8 heteroatoms. The second-order valence-electron chi connectivity index (χ2n) is 7.40. The van der Waals surface area contributed by atoms with E-state index in [1.54, 1.807) is 14.2 Å². The molecule has 1 atom stereocenters. The Labute approximate surface area is 180 Å². The normalized spacial score (nSPS) is 16.5. The van der Waals surface area contributed by atoms with Crippen molar-refractivity contribution in [1.82, 2.24) is 15.3 Å². The van der Waals surface area contributed by atoms with Gasteiger partial charge in [0.1, 0.15) is 11.5 Å². The van der Waals surface area contributed by atoms with Crippen molar-refractivity contribution in [3.05, 3.63) is 47.0 Å². The van der Waals surface area contributed by atoms with Crippen molar-refractivity contribution in [2.75, 3.05) is 32.2 Å². The highest BCUT2D eigenvalue weighted by Crippen LogP contribution is 2.26. The molecule has 2 N–H and O–H groups in total. The summed E-state index contributed by atoms with van der Waals surface area (Å²) in [6.07, 6.45) is 1.79. The van der Waals surface area contributed by atoms with Crippen LogP contribution >= 0.6 is 11.6 Å². The monoisotopic (exact) mass is 428 g/mol. The number of hydrogen-bond acceptors (Lipinski definition) is 5. The molecule has 1 amide bonds. The van der Waals surface area contributed by atoms with Crippen LogP contribution in [0, 0.1) is 5.92 Å². The number of aromatic nitrogens is 2. The molecule has 7 nitrogen and oxygen atoms in total. The van der Waals surface area contributed by atoms with Gasteiger partial charge < -0.3 is 24.7 Å². The highest BCUT2D eigenvalue weighted by molar-refractivity contribution is 6.31. The van der Waals surface area contributed by atoms with Gasteiger partial charge in [0.25, 0.3) is 0 Å². The summed E-state index contributed by atoms with van der Waals surface area (Å²) in [5.41, 5.74) is 2.68. The van der Waals surface area contributed by atoms with E-state index in [1.165, 1.54) is 0 Å². The number of imidazole rings is 1. The number of methoxy groups -OCH3 is 2. The number of ether oxygens (including phenoxy) is 2. The zero-order valence-corrected chi connectivity index (χ0v) is 17.8. The van der Waals surface area contributed by atoms with Crippen molar-refractivity contribution in [2.45, 2.75) is 19.4 Å². The summed E-state index contributed by atoms with van der Waals surface area (Å²) >= 11 is 6.07. The van der Waals surface area contributed by atoms with Gasteiger partial charge in [-0.1, -0.05) is 11.6 Å². The lowest BCUT2D eigenvalue weighted by Crippen LogP contribution is -2.43. The molecular weight excluding hydrogens is 404 g/mol. The minimum atomic E-state index is -0.0974. The highest BCUT2D eigenvalue weighted by atomic mass is 35.5. The Balaban J connectivity index is 1.41. The molecule has 3 aromatic rings. The van der Waals surface area contributed by atoms with Gasteiger partial charge in [0.05, 0.1) is 31.2 Å². The third kappa shape index (κ3) is 4.31. The zero-order valence-electron chi connectivity index (χ0n) is 17.1. The first-order chi connectivity index (χ1) is 14.6. The molecule has 0 saturated carbocycles. The molecule has 1 aliphatic heterocycles. The number of piperidine rings is 1. The molecule has 0 aliphatic carbocycles.